The van der Waals surface area contributed by atoms with Crippen LogP contribution < -0.4 is 36.9 Å². The number of anilines is 1. The molecule has 370 valence electrons. The highest BCUT2D eigenvalue weighted by Crippen LogP contribution is 2.43. The van der Waals surface area contributed by atoms with Crippen molar-refractivity contribution in [2.24, 2.45) is 0 Å². The Bertz CT molecular complexity index is 2650. The molecule has 3 aliphatic heterocycles. The largest absolute Gasteiger partial charge is 1.00 e. The number of hydrogen-bond donors (Lipinski definition) is 2. The van der Waals surface area contributed by atoms with Gasteiger partial charge < -0.3 is 51.5 Å². The SMILES string of the molecule is CC(C)(C)OC(=O)N[C@@H]1C(=O)N2C(C(=O)OC(c3ccccc3)c3ccccc3)=C(/C=C3\CCN(Cc4cc[n+](CC(=O)Nc5ccc(OC(=O)OC(C)(C)C)cc5C(F)(F)F)cc4)C3=O)CS[C@H]12.[Br-]. The van der Waals surface area contributed by atoms with E-state index in [0.29, 0.717) is 46.9 Å². The number of aromatic nitrogens is 1. The molecule has 3 aromatic carbocycles. The summed E-state index contributed by atoms with van der Waals surface area (Å²) < 4.78 is 65.1. The highest BCUT2D eigenvalue weighted by atomic mass is 79.9. The third-order valence-corrected chi connectivity index (χ3v) is 12.0. The van der Waals surface area contributed by atoms with Crippen LogP contribution >= 0.6 is 11.8 Å². The van der Waals surface area contributed by atoms with Crippen molar-refractivity contribution in [3.63, 3.8) is 0 Å². The highest BCUT2D eigenvalue weighted by Gasteiger charge is 2.55. The number of amides is 4. The summed E-state index contributed by atoms with van der Waals surface area (Å²) in [6, 6.07) is 23.4. The lowest BCUT2D eigenvalue weighted by atomic mass is 10.00. The molecule has 4 heterocycles. The molecule has 15 nitrogen and oxygen atoms in total. The van der Waals surface area contributed by atoms with Gasteiger partial charge in [-0.3, -0.25) is 19.3 Å². The molecule has 1 aromatic heterocycles. The molecular formula is C50H51BrF3N5O10S. The monoisotopic (exact) mass is 1050 g/mol. The predicted molar refractivity (Wildman–Crippen MR) is 246 cm³/mol. The van der Waals surface area contributed by atoms with Crippen LogP contribution in [0.15, 0.2) is 126 Å². The number of β-lactam (4-membered cyclic amide) rings is 1. The summed E-state index contributed by atoms with van der Waals surface area (Å²) in [6.45, 7) is 10.00. The van der Waals surface area contributed by atoms with Gasteiger partial charge in [-0.1, -0.05) is 60.7 Å². The second-order valence-electron chi connectivity index (χ2n) is 18.4. The normalized spacial score (nSPS) is 17.6. The van der Waals surface area contributed by atoms with Crippen molar-refractivity contribution in [2.45, 2.75) is 96.0 Å². The first-order chi connectivity index (χ1) is 32.5. The molecule has 4 aromatic rings. The number of nitrogens with zero attached hydrogens (tertiary/aromatic N) is 3. The van der Waals surface area contributed by atoms with Crippen LogP contribution in [0.25, 0.3) is 0 Å². The Morgan fingerprint density at radius 3 is 2.06 bits per heavy atom. The van der Waals surface area contributed by atoms with Crippen LogP contribution in [-0.2, 0) is 52.7 Å². The average Bonchev–Trinajstić information content (AvgIpc) is 3.61. The molecule has 0 radical (unpaired) electrons. The molecule has 20 heteroatoms. The molecule has 0 spiro atoms. The summed E-state index contributed by atoms with van der Waals surface area (Å²) in [5.74, 6) is -2.60. The van der Waals surface area contributed by atoms with Gasteiger partial charge in [-0.2, -0.15) is 17.7 Å². The number of benzene rings is 3. The van der Waals surface area contributed by atoms with E-state index < -0.39 is 81.9 Å². The van der Waals surface area contributed by atoms with Gasteiger partial charge in [-0.25, -0.2) is 14.4 Å². The third-order valence-electron chi connectivity index (χ3n) is 10.7. The van der Waals surface area contributed by atoms with E-state index >= 15 is 0 Å². The molecule has 0 aliphatic carbocycles. The third kappa shape index (κ3) is 13.1. The van der Waals surface area contributed by atoms with Gasteiger partial charge in [0.05, 0.1) is 11.3 Å². The summed E-state index contributed by atoms with van der Waals surface area (Å²) in [5, 5.41) is 4.26. The Labute approximate surface area is 417 Å². The summed E-state index contributed by atoms with van der Waals surface area (Å²) in [5.41, 5.74) is -0.640. The molecule has 2 fully saturated rings. The van der Waals surface area contributed by atoms with Gasteiger partial charge in [-0.15, -0.1) is 11.8 Å². The van der Waals surface area contributed by atoms with E-state index in [-0.39, 0.29) is 47.4 Å². The molecule has 2 atom stereocenters. The molecule has 70 heavy (non-hydrogen) atoms. The number of nitrogens with one attached hydrogen (secondary N) is 2. The van der Waals surface area contributed by atoms with Gasteiger partial charge >= 0.3 is 24.4 Å². The van der Waals surface area contributed by atoms with Crippen LogP contribution in [0, 0.1) is 0 Å². The number of ether oxygens (including phenoxy) is 4. The number of pyridine rings is 1. The number of thioether (sulfide) groups is 1. The summed E-state index contributed by atoms with van der Waals surface area (Å²) in [4.78, 5) is 82.9. The van der Waals surface area contributed by atoms with Crippen molar-refractivity contribution in [1.82, 2.24) is 15.1 Å². The van der Waals surface area contributed by atoms with Crippen LogP contribution in [0.4, 0.5) is 28.4 Å². The maximum absolute atomic E-state index is 14.5. The van der Waals surface area contributed by atoms with Crippen molar-refractivity contribution in [3.8, 4) is 5.75 Å². The molecule has 2 N–H and O–H groups in total. The lowest BCUT2D eigenvalue weighted by molar-refractivity contribution is -0.684. The zero-order valence-electron chi connectivity index (χ0n) is 39.0. The Balaban J connectivity index is 0.00000804. The van der Waals surface area contributed by atoms with Gasteiger partial charge in [0.1, 0.15) is 34.1 Å². The van der Waals surface area contributed by atoms with Crippen molar-refractivity contribution < 1.29 is 82.4 Å². The van der Waals surface area contributed by atoms with Crippen LogP contribution in [0.3, 0.4) is 0 Å². The van der Waals surface area contributed by atoms with Gasteiger partial charge in [0.2, 0.25) is 12.5 Å². The Morgan fingerprint density at radius 2 is 1.47 bits per heavy atom. The number of alkyl carbamates (subject to hydrolysis) is 1. The smallest absolute Gasteiger partial charge is 0.514 e. The van der Waals surface area contributed by atoms with E-state index in [9.17, 15) is 41.9 Å². The lowest BCUT2D eigenvalue weighted by Crippen LogP contribution is -3.00. The number of carbonyl (C=O) groups excluding carboxylic acids is 6. The molecular weight excluding hydrogens is 1000 g/mol. The molecule has 3 aliphatic rings. The minimum atomic E-state index is -4.90. The molecule has 0 bridgehead atoms. The first kappa shape index (κ1) is 52.7. The van der Waals surface area contributed by atoms with Crippen LogP contribution in [0.5, 0.6) is 5.75 Å². The molecule has 7 rings (SSSR count). The van der Waals surface area contributed by atoms with Crippen molar-refractivity contribution >= 4 is 53.4 Å². The molecule has 0 saturated carbocycles. The Hall–Kier alpha value is -6.67. The second-order valence-corrected chi connectivity index (χ2v) is 19.5. The fourth-order valence-electron chi connectivity index (χ4n) is 7.66. The molecule has 0 unspecified atom stereocenters. The first-order valence-electron chi connectivity index (χ1n) is 21.9. The number of esters is 1. The van der Waals surface area contributed by atoms with Crippen molar-refractivity contribution in [1.29, 1.82) is 0 Å². The molecule has 2 saturated heterocycles. The lowest BCUT2D eigenvalue weighted by Gasteiger charge is -2.49. The molecule has 4 amide bonds. The van der Waals surface area contributed by atoms with Crippen molar-refractivity contribution in [2.75, 3.05) is 17.6 Å². The van der Waals surface area contributed by atoms with Gasteiger partial charge in [0.15, 0.2) is 18.5 Å². The summed E-state index contributed by atoms with van der Waals surface area (Å²) >= 11 is 1.32. The summed E-state index contributed by atoms with van der Waals surface area (Å²) in [7, 11) is 0. The second kappa shape index (κ2) is 21.5. The predicted octanol–water partition coefficient (Wildman–Crippen LogP) is 5.00. The van der Waals surface area contributed by atoms with E-state index in [0.717, 1.165) is 12.1 Å². The topological polar surface area (TPSA) is 174 Å². The zero-order chi connectivity index (χ0) is 49.8. The van der Waals surface area contributed by atoms with E-state index in [1.165, 1.54) is 21.2 Å². The van der Waals surface area contributed by atoms with Crippen molar-refractivity contribution in [3.05, 3.63) is 149 Å². The number of halogens is 4. The van der Waals surface area contributed by atoms with Gasteiger partial charge in [-0.05, 0) is 94.5 Å². The van der Waals surface area contributed by atoms with E-state index in [1.807, 2.05) is 60.7 Å². The number of rotatable bonds is 12. The fraction of sp³-hybridized carbons (Fsp3) is 0.340. The van der Waals surface area contributed by atoms with E-state index in [4.69, 9.17) is 18.9 Å². The Morgan fingerprint density at radius 1 is 0.857 bits per heavy atom. The standard InChI is InChI=1S/C50H50F3N5O10S.BrH/c1-48(2,3)67-46(63)55-39-43(61)58-40(45(62)66-41(31-13-9-7-10-14-31)32-15-11-8-12-16-32)34(29-69-44(39)58)25-33-21-24-57(42(33)60)27-30-19-22-56(23-20-30)28-38(59)54-37-18-17-35(26-36(37)50(51,52)53)65-47(64)68-49(4,5)6;/h7-20,22-23,25-26,39,41,44H,21,24,27-29H2,1-6H3,(H-,54,55,59,63);1H/b33-25+;/t39-,44-;/m1./s1. The fourth-order valence-corrected chi connectivity index (χ4v) is 8.96. The maximum atomic E-state index is 14.5. The van der Waals surface area contributed by atoms with Crippen LogP contribution in [-0.4, -0.2) is 80.7 Å². The number of likely N-dealkylation sites (tertiary alicyclic amines) is 1. The van der Waals surface area contributed by atoms with Crippen LogP contribution in [0.1, 0.15) is 76.3 Å². The minimum absolute atomic E-state index is 0. The number of alkyl halides is 3. The van der Waals surface area contributed by atoms with Gasteiger partial charge in [0.25, 0.3) is 11.8 Å². The zero-order valence-corrected chi connectivity index (χ0v) is 41.4. The average molecular weight is 1050 g/mol. The number of hydrogen-bond acceptors (Lipinski definition) is 11. The first-order valence-corrected chi connectivity index (χ1v) is 23.0. The van der Waals surface area contributed by atoms with Gasteiger partial charge in [0, 0.05) is 36.5 Å². The Kier molecular flexibility index (Phi) is 16.2. The number of allylic oxidation sites excluding steroid dienone is 1. The van der Waals surface area contributed by atoms with Crippen LogP contribution in [0.2, 0.25) is 0 Å². The van der Waals surface area contributed by atoms with E-state index in [1.54, 1.807) is 77.0 Å². The van der Waals surface area contributed by atoms with E-state index in [2.05, 4.69) is 10.6 Å². The maximum Gasteiger partial charge on any atom is 0.514 e. The summed E-state index contributed by atoms with van der Waals surface area (Å²) in [6.07, 6.45) is -2.62. The minimum Gasteiger partial charge on any atom is -1.00 e. The highest BCUT2D eigenvalue weighted by molar-refractivity contribution is 8.00. The number of fused-ring (bicyclic) bond motifs is 1. The number of carbonyl (C=O) groups is 6. The quantitative estimate of drug-likeness (QED) is 0.0489.